The van der Waals surface area contributed by atoms with Gasteiger partial charge in [0.05, 0.1) is 5.69 Å². The third kappa shape index (κ3) is 2.36. The fraction of sp³-hybridized carbons (Fsp3) is 0.722. The molecular formula is C18H25N5. The minimum absolute atomic E-state index is 0.523. The summed E-state index contributed by atoms with van der Waals surface area (Å²) in [6, 6.07) is 3.06. The Morgan fingerprint density at radius 3 is 2.57 bits per heavy atom. The van der Waals surface area contributed by atoms with Gasteiger partial charge >= 0.3 is 0 Å². The van der Waals surface area contributed by atoms with Crippen molar-refractivity contribution in [2.45, 2.75) is 69.7 Å². The van der Waals surface area contributed by atoms with Crippen LogP contribution >= 0.6 is 0 Å². The lowest BCUT2D eigenvalue weighted by molar-refractivity contribution is 0.151. The highest BCUT2D eigenvalue weighted by molar-refractivity contribution is 5.43. The largest absolute Gasteiger partial charge is 0.300 e. The maximum Gasteiger partial charge on any atom is 0.178 e. The molecule has 1 saturated carbocycles. The number of aromatic nitrogens is 4. The average Bonchev–Trinajstić information content (AvgIpc) is 3.33. The standard InChI is InChI=1S/C18H25N5/c1-2-6-15(5-1)22-10-8-13(9-11-22)18-20-19-17-12-14-4-3-7-16(14)21-23(17)18/h12-13,15H,1-11H2. The van der Waals surface area contributed by atoms with Gasteiger partial charge in [0, 0.05) is 12.0 Å². The number of nitrogens with zero attached hydrogens (tertiary/aromatic N) is 5. The molecule has 5 rings (SSSR count). The predicted octanol–water partition coefficient (Wildman–Crippen LogP) is 2.74. The molecule has 1 saturated heterocycles. The Labute approximate surface area is 137 Å². The van der Waals surface area contributed by atoms with Gasteiger partial charge in [-0.15, -0.1) is 10.2 Å². The molecule has 2 fully saturated rings. The fourth-order valence-electron chi connectivity index (χ4n) is 4.84. The van der Waals surface area contributed by atoms with Gasteiger partial charge in [0.1, 0.15) is 0 Å². The molecule has 122 valence electrons. The minimum atomic E-state index is 0.523. The normalized spacial score (nSPS) is 23.8. The molecule has 2 aliphatic carbocycles. The lowest BCUT2D eigenvalue weighted by atomic mass is 9.95. The van der Waals surface area contributed by atoms with E-state index in [0.717, 1.165) is 30.4 Å². The first-order chi connectivity index (χ1) is 11.4. The Balaban J connectivity index is 1.37. The average molecular weight is 311 g/mol. The van der Waals surface area contributed by atoms with Gasteiger partial charge < -0.3 is 4.90 Å². The van der Waals surface area contributed by atoms with Crippen molar-refractivity contribution in [3.8, 4) is 0 Å². The SMILES string of the molecule is c1c2c(nn3c(C4CCN(C5CCCC5)CC4)nnc13)CCC2. The van der Waals surface area contributed by atoms with Gasteiger partial charge in [0.25, 0.3) is 0 Å². The molecule has 3 aliphatic rings. The number of hydrogen-bond acceptors (Lipinski definition) is 4. The van der Waals surface area contributed by atoms with Crippen LogP contribution in [0.1, 0.15) is 67.9 Å². The van der Waals surface area contributed by atoms with Crippen molar-refractivity contribution in [1.29, 1.82) is 0 Å². The van der Waals surface area contributed by atoms with E-state index in [2.05, 4.69) is 21.2 Å². The van der Waals surface area contributed by atoms with Crippen LogP contribution in [-0.2, 0) is 12.8 Å². The van der Waals surface area contributed by atoms with Crippen LogP contribution in [0.15, 0.2) is 6.07 Å². The van der Waals surface area contributed by atoms with Crippen molar-refractivity contribution < 1.29 is 0 Å². The zero-order chi connectivity index (χ0) is 15.2. The minimum Gasteiger partial charge on any atom is -0.300 e. The maximum atomic E-state index is 4.87. The summed E-state index contributed by atoms with van der Waals surface area (Å²) in [6.07, 6.45) is 11.6. The third-order valence-electron chi connectivity index (χ3n) is 6.18. The zero-order valence-corrected chi connectivity index (χ0v) is 13.7. The number of hydrogen-bond donors (Lipinski definition) is 0. The molecular weight excluding hydrogens is 286 g/mol. The predicted molar refractivity (Wildman–Crippen MR) is 88.6 cm³/mol. The highest BCUT2D eigenvalue weighted by Gasteiger charge is 2.30. The van der Waals surface area contributed by atoms with Crippen molar-refractivity contribution in [3.63, 3.8) is 0 Å². The number of likely N-dealkylation sites (tertiary alicyclic amines) is 1. The van der Waals surface area contributed by atoms with Crippen molar-refractivity contribution >= 4 is 5.65 Å². The van der Waals surface area contributed by atoms with E-state index in [0.29, 0.717) is 5.92 Å². The molecule has 2 aromatic rings. The first-order valence-electron chi connectivity index (χ1n) is 9.36. The third-order valence-corrected chi connectivity index (χ3v) is 6.18. The summed E-state index contributed by atoms with van der Waals surface area (Å²) in [4.78, 5) is 2.72. The first-order valence-corrected chi connectivity index (χ1v) is 9.36. The van der Waals surface area contributed by atoms with E-state index in [1.54, 1.807) is 0 Å². The van der Waals surface area contributed by atoms with Crippen LogP contribution in [-0.4, -0.2) is 43.8 Å². The highest BCUT2D eigenvalue weighted by atomic mass is 15.4. The van der Waals surface area contributed by atoms with Gasteiger partial charge in [-0.1, -0.05) is 12.8 Å². The molecule has 0 bridgehead atoms. The second-order valence-electron chi connectivity index (χ2n) is 7.55. The Kier molecular flexibility index (Phi) is 3.35. The van der Waals surface area contributed by atoms with Crippen LogP contribution in [0.2, 0.25) is 0 Å². The molecule has 0 radical (unpaired) electrons. The van der Waals surface area contributed by atoms with Crippen LogP contribution < -0.4 is 0 Å². The summed E-state index contributed by atoms with van der Waals surface area (Å²) in [7, 11) is 0. The van der Waals surface area contributed by atoms with Crippen molar-refractivity contribution in [2.24, 2.45) is 0 Å². The van der Waals surface area contributed by atoms with Gasteiger partial charge in [-0.05, 0) is 69.7 Å². The lowest BCUT2D eigenvalue weighted by Crippen LogP contribution is -2.39. The van der Waals surface area contributed by atoms with Crippen LogP contribution in [0.3, 0.4) is 0 Å². The summed E-state index contributed by atoms with van der Waals surface area (Å²) in [5.74, 6) is 1.62. The van der Waals surface area contributed by atoms with E-state index in [-0.39, 0.29) is 0 Å². The molecule has 23 heavy (non-hydrogen) atoms. The van der Waals surface area contributed by atoms with E-state index in [4.69, 9.17) is 5.10 Å². The molecule has 3 heterocycles. The highest BCUT2D eigenvalue weighted by Crippen LogP contribution is 2.32. The van der Waals surface area contributed by atoms with Gasteiger partial charge in [0.2, 0.25) is 0 Å². The van der Waals surface area contributed by atoms with E-state index >= 15 is 0 Å². The Bertz CT molecular complexity index is 708. The maximum absolute atomic E-state index is 4.87. The number of aryl methyl sites for hydroxylation is 2. The Morgan fingerprint density at radius 2 is 1.74 bits per heavy atom. The van der Waals surface area contributed by atoms with Crippen molar-refractivity contribution in [1.82, 2.24) is 24.7 Å². The molecule has 1 aliphatic heterocycles. The van der Waals surface area contributed by atoms with Crippen LogP contribution in [0, 0.1) is 0 Å². The van der Waals surface area contributed by atoms with Gasteiger partial charge in [0.15, 0.2) is 11.5 Å². The second kappa shape index (κ2) is 5.55. The molecule has 0 aromatic carbocycles. The number of piperidine rings is 1. The molecule has 0 unspecified atom stereocenters. The Morgan fingerprint density at radius 1 is 0.913 bits per heavy atom. The number of fused-ring (bicyclic) bond motifs is 2. The van der Waals surface area contributed by atoms with Crippen LogP contribution in [0.25, 0.3) is 5.65 Å². The monoisotopic (exact) mass is 311 g/mol. The van der Waals surface area contributed by atoms with E-state index < -0.39 is 0 Å². The fourth-order valence-corrected chi connectivity index (χ4v) is 4.84. The molecule has 0 spiro atoms. The summed E-state index contributed by atoms with van der Waals surface area (Å²) in [5.41, 5.74) is 3.59. The smallest absolute Gasteiger partial charge is 0.178 e. The quantitative estimate of drug-likeness (QED) is 0.855. The van der Waals surface area contributed by atoms with Crippen LogP contribution in [0.4, 0.5) is 0 Å². The van der Waals surface area contributed by atoms with Gasteiger partial charge in [-0.25, -0.2) is 0 Å². The van der Waals surface area contributed by atoms with Gasteiger partial charge in [-0.2, -0.15) is 9.61 Å². The van der Waals surface area contributed by atoms with Crippen molar-refractivity contribution in [3.05, 3.63) is 23.1 Å². The zero-order valence-electron chi connectivity index (χ0n) is 13.7. The number of rotatable bonds is 2. The molecule has 0 atom stereocenters. The summed E-state index contributed by atoms with van der Waals surface area (Å²) in [6.45, 7) is 2.43. The topological polar surface area (TPSA) is 46.3 Å². The lowest BCUT2D eigenvalue weighted by Gasteiger charge is -2.35. The van der Waals surface area contributed by atoms with Crippen LogP contribution in [0.5, 0.6) is 0 Å². The van der Waals surface area contributed by atoms with Crippen molar-refractivity contribution in [2.75, 3.05) is 13.1 Å². The second-order valence-corrected chi connectivity index (χ2v) is 7.55. The van der Waals surface area contributed by atoms with E-state index in [1.807, 2.05) is 4.52 Å². The molecule has 0 N–H and O–H groups in total. The van der Waals surface area contributed by atoms with E-state index in [9.17, 15) is 0 Å². The molecule has 5 heteroatoms. The molecule has 2 aromatic heterocycles. The van der Waals surface area contributed by atoms with E-state index in [1.165, 1.54) is 69.3 Å². The molecule has 5 nitrogen and oxygen atoms in total. The first kappa shape index (κ1) is 13.9. The summed E-state index contributed by atoms with van der Waals surface area (Å²) in [5, 5.41) is 13.8. The molecule has 0 amide bonds. The summed E-state index contributed by atoms with van der Waals surface area (Å²) < 4.78 is 2.04. The Hall–Kier alpha value is -1.49. The summed E-state index contributed by atoms with van der Waals surface area (Å²) >= 11 is 0. The van der Waals surface area contributed by atoms with Gasteiger partial charge in [-0.3, -0.25) is 0 Å².